The minimum absolute atomic E-state index is 0.0617. The number of carbonyl (C=O) groups is 2. The maximum atomic E-state index is 13.9. The van der Waals surface area contributed by atoms with E-state index in [2.05, 4.69) is 26.1 Å². The van der Waals surface area contributed by atoms with Gasteiger partial charge in [0.1, 0.15) is 24.2 Å². The third-order valence-corrected chi connectivity index (χ3v) is 7.86. The highest BCUT2D eigenvalue weighted by molar-refractivity contribution is 7.52. The normalized spacial score (nSPS) is 22.7. The van der Waals surface area contributed by atoms with Crippen LogP contribution in [0.5, 0.6) is 17.4 Å². The van der Waals surface area contributed by atoms with Gasteiger partial charge in [-0.1, -0.05) is 12.1 Å². The summed E-state index contributed by atoms with van der Waals surface area (Å²) in [5.41, 5.74) is 4.65. The second-order valence-electron chi connectivity index (χ2n) is 10.1. The van der Waals surface area contributed by atoms with Gasteiger partial charge in [0.2, 0.25) is 11.8 Å². The number of hydrogen-bond donors (Lipinski definition) is 3. The van der Waals surface area contributed by atoms with Crippen molar-refractivity contribution in [1.29, 1.82) is 5.26 Å². The van der Waals surface area contributed by atoms with Crippen LogP contribution in [0.2, 0.25) is 0 Å². The van der Waals surface area contributed by atoms with Crippen molar-refractivity contribution in [3.63, 3.8) is 0 Å². The van der Waals surface area contributed by atoms with Gasteiger partial charge >= 0.3 is 19.7 Å². The Morgan fingerprint density at radius 1 is 1.30 bits per heavy atom. The highest BCUT2D eigenvalue weighted by atomic mass is 31.2. The summed E-state index contributed by atoms with van der Waals surface area (Å²) in [5.74, 6) is -1.64. The SMILES string of the molecule is COc1nc(N)nc2c1ncn2[C@@H]1O[C@H](COP(=O)(NCC(=O)OC(C)C)Oc2ccccc2OC(C)=O)[C@@H](O)[C@@]1(C)C#N. The van der Waals surface area contributed by atoms with Gasteiger partial charge in [-0.2, -0.15) is 15.2 Å². The first kappa shape index (κ1) is 32.6. The van der Waals surface area contributed by atoms with Crippen LogP contribution < -0.4 is 24.8 Å². The minimum Gasteiger partial charge on any atom is -0.479 e. The number of nitriles is 1. The Bertz CT molecular complexity index is 1630. The third kappa shape index (κ3) is 6.90. The van der Waals surface area contributed by atoms with Crippen LogP contribution in [0.3, 0.4) is 0 Å². The number of carbonyl (C=O) groups excluding carboxylic acids is 2. The smallest absolute Gasteiger partial charge is 0.459 e. The van der Waals surface area contributed by atoms with Crippen LogP contribution in [0.15, 0.2) is 30.6 Å². The lowest BCUT2D eigenvalue weighted by Crippen LogP contribution is -2.38. The molecule has 1 aliphatic rings. The molecule has 1 unspecified atom stereocenters. The molecular weight excluding hydrogens is 601 g/mol. The average molecular weight is 634 g/mol. The number of ether oxygens (including phenoxy) is 4. The molecule has 3 heterocycles. The summed E-state index contributed by atoms with van der Waals surface area (Å²) in [6, 6.07) is 7.95. The molecule has 17 nitrogen and oxygen atoms in total. The van der Waals surface area contributed by atoms with Gasteiger partial charge in [0.25, 0.3) is 0 Å². The summed E-state index contributed by atoms with van der Waals surface area (Å²) in [6.45, 7) is 4.75. The lowest BCUT2D eigenvalue weighted by Gasteiger charge is -2.26. The number of nitrogens with zero attached hydrogens (tertiary/aromatic N) is 5. The largest absolute Gasteiger partial charge is 0.479 e. The zero-order valence-corrected chi connectivity index (χ0v) is 25.4. The van der Waals surface area contributed by atoms with Gasteiger partial charge in [0.05, 0.1) is 32.2 Å². The summed E-state index contributed by atoms with van der Waals surface area (Å²) in [5, 5.41) is 23.8. The highest BCUT2D eigenvalue weighted by Gasteiger charge is 2.55. The van der Waals surface area contributed by atoms with Crippen molar-refractivity contribution in [3.8, 4) is 23.4 Å². The van der Waals surface area contributed by atoms with E-state index in [9.17, 15) is 24.5 Å². The topological polar surface area (TPSA) is 232 Å². The number of nitrogens with two attached hydrogens (primary N) is 1. The molecule has 44 heavy (non-hydrogen) atoms. The van der Waals surface area contributed by atoms with Crippen molar-refractivity contribution in [1.82, 2.24) is 24.6 Å². The van der Waals surface area contributed by atoms with E-state index in [-0.39, 0.29) is 34.5 Å². The molecule has 0 aliphatic carbocycles. The lowest BCUT2D eigenvalue weighted by molar-refractivity contribution is -0.146. The molecule has 1 saturated heterocycles. The Morgan fingerprint density at radius 2 is 2.00 bits per heavy atom. The number of aliphatic hydroxyl groups excluding tert-OH is 1. The van der Waals surface area contributed by atoms with Gasteiger partial charge in [-0.05, 0) is 32.9 Å². The van der Waals surface area contributed by atoms with E-state index < -0.39 is 62.8 Å². The van der Waals surface area contributed by atoms with E-state index in [1.807, 2.05) is 0 Å². The Hall–Kier alpha value is -4.33. The van der Waals surface area contributed by atoms with Crippen LogP contribution in [-0.2, 0) is 28.2 Å². The predicted molar refractivity (Wildman–Crippen MR) is 151 cm³/mol. The van der Waals surface area contributed by atoms with Crippen LogP contribution in [0.1, 0.15) is 33.9 Å². The highest BCUT2D eigenvalue weighted by Crippen LogP contribution is 2.50. The summed E-state index contributed by atoms with van der Waals surface area (Å²) in [6.07, 6.45) is -3.01. The number of rotatable bonds is 12. The Labute approximate surface area is 251 Å². The molecule has 5 atom stereocenters. The molecule has 0 bridgehead atoms. The van der Waals surface area contributed by atoms with Crippen LogP contribution in [0.25, 0.3) is 11.2 Å². The number of methoxy groups -OCH3 is 1. The molecule has 4 rings (SSSR count). The lowest BCUT2D eigenvalue weighted by atomic mass is 9.84. The van der Waals surface area contributed by atoms with E-state index in [0.29, 0.717) is 0 Å². The molecule has 1 aliphatic heterocycles. The molecular formula is C26H32N7O10P. The number of aromatic nitrogens is 4. The van der Waals surface area contributed by atoms with E-state index in [4.69, 9.17) is 33.7 Å². The number of nitrogens with one attached hydrogen (secondary N) is 1. The number of anilines is 1. The number of benzene rings is 1. The fourth-order valence-electron chi connectivity index (χ4n) is 4.38. The van der Waals surface area contributed by atoms with Crippen LogP contribution >= 0.6 is 7.75 Å². The molecule has 3 aromatic rings. The summed E-state index contributed by atoms with van der Waals surface area (Å²) >= 11 is 0. The second-order valence-corrected chi connectivity index (χ2v) is 11.8. The first-order valence-electron chi connectivity index (χ1n) is 13.2. The van der Waals surface area contributed by atoms with Gasteiger partial charge < -0.3 is 34.3 Å². The van der Waals surface area contributed by atoms with Gasteiger partial charge in [-0.15, -0.1) is 0 Å². The molecule has 236 valence electrons. The van der Waals surface area contributed by atoms with Crippen molar-refractivity contribution >= 4 is 36.8 Å². The van der Waals surface area contributed by atoms with Gasteiger partial charge in [0, 0.05) is 6.92 Å². The molecule has 2 aromatic heterocycles. The van der Waals surface area contributed by atoms with Gasteiger partial charge in [-0.25, -0.2) is 14.6 Å². The quantitative estimate of drug-likeness (QED) is 0.147. The van der Waals surface area contributed by atoms with Gasteiger partial charge in [-0.3, -0.25) is 18.7 Å². The molecule has 0 saturated carbocycles. The van der Waals surface area contributed by atoms with E-state index >= 15 is 0 Å². The zero-order valence-electron chi connectivity index (χ0n) is 24.5. The Kier molecular flexibility index (Phi) is 9.72. The number of nitrogen functional groups attached to an aromatic ring is 1. The van der Waals surface area contributed by atoms with E-state index in [0.717, 1.165) is 0 Å². The monoisotopic (exact) mass is 633 g/mol. The standard InChI is InChI=1S/C26H32N7O10P/c1-14(2)40-19(35)10-30-44(37,43-17-9-7-6-8-16(17)41-15(3)34)39-11-18-21(36)26(4,12-27)24(42-18)33-13-29-20-22(33)31-25(28)32-23(20)38-5/h6-9,13-14,18,21,24,36H,10-11H2,1-5H3,(H,30,37)(H2,28,31,32)/t18-,21-,24-,26-,44?/m1/s1. The van der Waals surface area contributed by atoms with Crippen LogP contribution in [-0.4, -0.2) is 75.1 Å². The number of aliphatic hydroxyl groups is 1. The number of hydrogen-bond acceptors (Lipinski definition) is 15. The maximum Gasteiger partial charge on any atom is 0.459 e. The molecule has 0 spiro atoms. The van der Waals surface area contributed by atoms with Gasteiger partial charge in [0.15, 0.2) is 28.9 Å². The first-order chi connectivity index (χ1) is 20.8. The summed E-state index contributed by atoms with van der Waals surface area (Å²) < 4.78 is 48.1. The zero-order chi connectivity index (χ0) is 32.2. The van der Waals surface area contributed by atoms with Crippen molar-refractivity contribution in [2.24, 2.45) is 5.41 Å². The summed E-state index contributed by atoms with van der Waals surface area (Å²) in [4.78, 5) is 36.2. The minimum atomic E-state index is -4.46. The fourth-order valence-corrected chi connectivity index (χ4v) is 5.66. The third-order valence-electron chi connectivity index (χ3n) is 6.39. The molecule has 1 fully saturated rings. The Balaban J connectivity index is 1.61. The number of para-hydroxylation sites is 2. The molecule has 4 N–H and O–H groups in total. The van der Waals surface area contributed by atoms with Crippen molar-refractivity contribution in [2.75, 3.05) is 26.0 Å². The van der Waals surface area contributed by atoms with Crippen molar-refractivity contribution < 1.29 is 47.3 Å². The molecule has 1 aromatic carbocycles. The number of esters is 2. The molecule has 18 heteroatoms. The Morgan fingerprint density at radius 3 is 2.64 bits per heavy atom. The van der Waals surface area contributed by atoms with E-state index in [1.165, 1.54) is 50.1 Å². The number of fused-ring (bicyclic) bond motifs is 1. The van der Waals surface area contributed by atoms with Crippen LogP contribution in [0, 0.1) is 16.7 Å². The van der Waals surface area contributed by atoms with Crippen LogP contribution in [0.4, 0.5) is 5.95 Å². The molecule has 0 amide bonds. The predicted octanol–water partition coefficient (Wildman–Crippen LogP) is 1.88. The number of imidazole rings is 1. The molecule has 0 radical (unpaired) electrons. The van der Waals surface area contributed by atoms with Crippen molar-refractivity contribution in [2.45, 2.75) is 52.2 Å². The average Bonchev–Trinajstić information content (AvgIpc) is 3.49. The maximum absolute atomic E-state index is 13.9. The fraction of sp³-hybridized carbons (Fsp3) is 0.462. The first-order valence-corrected chi connectivity index (χ1v) is 14.8. The second kappa shape index (κ2) is 13.1. The van der Waals surface area contributed by atoms with E-state index in [1.54, 1.807) is 19.9 Å². The van der Waals surface area contributed by atoms with Crippen molar-refractivity contribution in [3.05, 3.63) is 30.6 Å². The summed E-state index contributed by atoms with van der Waals surface area (Å²) in [7, 11) is -3.08.